The standard InChI is InChI=1S/C13H20BrN/c1-3-10(2)8-11(9-15)12-6-4-5-7-13(12)14/h4-7,10-11H,3,8-9,15H2,1-2H3. The minimum absolute atomic E-state index is 0.482. The van der Waals surface area contributed by atoms with E-state index in [0.717, 1.165) is 12.5 Å². The highest BCUT2D eigenvalue weighted by Gasteiger charge is 2.14. The number of hydrogen-bond acceptors (Lipinski definition) is 1. The summed E-state index contributed by atoms with van der Waals surface area (Å²) < 4.78 is 1.18. The largest absolute Gasteiger partial charge is 0.330 e. The summed E-state index contributed by atoms with van der Waals surface area (Å²) in [6, 6.07) is 8.39. The van der Waals surface area contributed by atoms with E-state index in [1.807, 2.05) is 6.07 Å². The molecule has 0 aliphatic rings. The van der Waals surface area contributed by atoms with Crippen molar-refractivity contribution in [3.05, 3.63) is 34.3 Å². The smallest absolute Gasteiger partial charge is 0.0210 e. The molecule has 0 heterocycles. The van der Waals surface area contributed by atoms with E-state index >= 15 is 0 Å². The number of halogens is 1. The molecule has 2 unspecified atom stereocenters. The fraction of sp³-hybridized carbons (Fsp3) is 0.538. The molecule has 0 radical (unpaired) electrons. The minimum atomic E-state index is 0.482. The van der Waals surface area contributed by atoms with Gasteiger partial charge in [-0.1, -0.05) is 54.4 Å². The lowest BCUT2D eigenvalue weighted by atomic mass is 9.88. The van der Waals surface area contributed by atoms with Crippen molar-refractivity contribution < 1.29 is 0 Å². The Kier molecular flexibility index (Phi) is 5.34. The van der Waals surface area contributed by atoms with Gasteiger partial charge in [0.2, 0.25) is 0 Å². The van der Waals surface area contributed by atoms with Crippen molar-refractivity contribution in [1.82, 2.24) is 0 Å². The first-order valence-corrected chi connectivity index (χ1v) is 6.42. The lowest BCUT2D eigenvalue weighted by Crippen LogP contribution is -2.15. The van der Waals surface area contributed by atoms with Crippen LogP contribution in [0.2, 0.25) is 0 Å². The van der Waals surface area contributed by atoms with Gasteiger partial charge in [-0.25, -0.2) is 0 Å². The molecule has 0 bridgehead atoms. The zero-order valence-corrected chi connectivity index (χ0v) is 11.1. The molecule has 1 rings (SSSR count). The predicted octanol–water partition coefficient (Wildman–Crippen LogP) is 3.93. The Morgan fingerprint density at radius 3 is 2.53 bits per heavy atom. The molecule has 2 N–H and O–H groups in total. The van der Waals surface area contributed by atoms with Crippen LogP contribution in [0.25, 0.3) is 0 Å². The third-order valence-electron chi connectivity index (χ3n) is 3.01. The number of benzene rings is 1. The van der Waals surface area contributed by atoms with Crippen molar-refractivity contribution in [2.75, 3.05) is 6.54 Å². The fourth-order valence-electron chi connectivity index (χ4n) is 1.81. The molecule has 15 heavy (non-hydrogen) atoms. The van der Waals surface area contributed by atoms with Gasteiger partial charge in [-0.05, 0) is 36.4 Å². The average molecular weight is 270 g/mol. The molecule has 1 aromatic rings. The summed E-state index contributed by atoms with van der Waals surface area (Å²) in [5, 5.41) is 0. The van der Waals surface area contributed by atoms with E-state index in [1.165, 1.54) is 22.9 Å². The fourth-order valence-corrected chi connectivity index (χ4v) is 2.42. The highest BCUT2D eigenvalue weighted by molar-refractivity contribution is 9.10. The summed E-state index contributed by atoms with van der Waals surface area (Å²) in [6.45, 7) is 5.25. The molecule has 2 atom stereocenters. The molecule has 1 nitrogen and oxygen atoms in total. The Bertz CT molecular complexity index is 298. The summed E-state index contributed by atoms with van der Waals surface area (Å²) >= 11 is 3.59. The van der Waals surface area contributed by atoms with Crippen molar-refractivity contribution >= 4 is 15.9 Å². The molecule has 1 aromatic carbocycles. The average Bonchev–Trinajstić information content (AvgIpc) is 2.26. The second kappa shape index (κ2) is 6.29. The lowest BCUT2D eigenvalue weighted by molar-refractivity contribution is 0.457. The van der Waals surface area contributed by atoms with Crippen LogP contribution in [0.15, 0.2) is 28.7 Å². The maximum Gasteiger partial charge on any atom is 0.0210 e. The van der Waals surface area contributed by atoms with Gasteiger partial charge in [-0.3, -0.25) is 0 Å². The Hall–Kier alpha value is -0.340. The first-order chi connectivity index (χ1) is 7.19. The molecule has 0 saturated carbocycles. The second-order valence-electron chi connectivity index (χ2n) is 4.20. The molecule has 0 amide bonds. The first kappa shape index (κ1) is 12.7. The van der Waals surface area contributed by atoms with Crippen LogP contribution in [-0.2, 0) is 0 Å². The zero-order chi connectivity index (χ0) is 11.3. The van der Waals surface area contributed by atoms with Crippen LogP contribution in [0.5, 0.6) is 0 Å². The molecule has 0 aromatic heterocycles. The molecule has 0 spiro atoms. The number of rotatable bonds is 5. The van der Waals surface area contributed by atoms with Crippen molar-refractivity contribution in [2.24, 2.45) is 11.7 Å². The molecule has 0 saturated heterocycles. The van der Waals surface area contributed by atoms with Crippen LogP contribution in [-0.4, -0.2) is 6.54 Å². The van der Waals surface area contributed by atoms with E-state index < -0.39 is 0 Å². The van der Waals surface area contributed by atoms with Gasteiger partial charge in [0, 0.05) is 4.47 Å². The van der Waals surface area contributed by atoms with Gasteiger partial charge in [0.25, 0.3) is 0 Å². The van der Waals surface area contributed by atoms with E-state index in [1.54, 1.807) is 0 Å². The number of hydrogen-bond donors (Lipinski definition) is 1. The summed E-state index contributed by atoms with van der Waals surface area (Å²) in [4.78, 5) is 0. The van der Waals surface area contributed by atoms with E-state index in [2.05, 4.69) is 48.0 Å². The van der Waals surface area contributed by atoms with E-state index in [9.17, 15) is 0 Å². The van der Waals surface area contributed by atoms with Crippen LogP contribution in [0, 0.1) is 5.92 Å². The van der Waals surface area contributed by atoms with E-state index in [0.29, 0.717) is 5.92 Å². The first-order valence-electron chi connectivity index (χ1n) is 5.63. The molecular weight excluding hydrogens is 250 g/mol. The molecule has 0 fully saturated rings. The van der Waals surface area contributed by atoms with E-state index in [-0.39, 0.29) is 0 Å². The quantitative estimate of drug-likeness (QED) is 0.862. The monoisotopic (exact) mass is 269 g/mol. The third-order valence-corrected chi connectivity index (χ3v) is 3.74. The number of nitrogens with two attached hydrogens (primary N) is 1. The van der Waals surface area contributed by atoms with Gasteiger partial charge in [-0.15, -0.1) is 0 Å². The predicted molar refractivity (Wildman–Crippen MR) is 70.0 cm³/mol. The molecule has 2 heteroatoms. The van der Waals surface area contributed by atoms with Crippen LogP contribution in [0.4, 0.5) is 0 Å². The van der Waals surface area contributed by atoms with Crippen molar-refractivity contribution in [1.29, 1.82) is 0 Å². The molecular formula is C13H20BrN. The van der Waals surface area contributed by atoms with Crippen LogP contribution < -0.4 is 5.73 Å². The SMILES string of the molecule is CCC(C)CC(CN)c1ccccc1Br. The van der Waals surface area contributed by atoms with Crippen LogP contribution >= 0.6 is 15.9 Å². The molecule has 0 aliphatic heterocycles. The topological polar surface area (TPSA) is 26.0 Å². The van der Waals surface area contributed by atoms with Gasteiger partial charge in [0.1, 0.15) is 0 Å². The summed E-state index contributed by atoms with van der Waals surface area (Å²) in [6.07, 6.45) is 2.40. The van der Waals surface area contributed by atoms with Gasteiger partial charge in [0.15, 0.2) is 0 Å². The Morgan fingerprint density at radius 2 is 2.00 bits per heavy atom. The summed E-state index contributed by atoms with van der Waals surface area (Å²) in [5.41, 5.74) is 7.20. The van der Waals surface area contributed by atoms with Gasteiger partial charge < -0.3 is 5.73 Å². The third kappa shape index (κ3) is 3.62. The normalized spacial score (nSPS) is 14.9. The van der Waals surface area contributed by atoms with Crippen molar-refractivity contribution in [3.8, 4) is 0 Å². The Balaban J connectivity index is 2.78. The van der Waals surface area contributed by atoms with Crippen LogP contribution in [0.1, 0.15) is 38.2 Å². The highest BCUT2D eigenvalue weighted by atomic mass is 79.9. The molecule has 0 aliphatic carbocycles. The van der Waals surface area contributed by atoms with Gasteiger partial charge >= 0.3 is 0 Å². The minimum Gasteiger partial charge on any atom is -0.330 e. The maximum atomic E-state index is 5.86. The van der Waals surface area contributed by atoms with Gasteiger partial charge in [-0.2, -0.15) is 0 Å². The van der Waals surface area contributed by atoms with Crippen molar-refractivity contribution in [2.45, 2.75) is 32.6 Å². The Morgan fingerprint density at radius 1 is 1.33 bits per heavy atom. The maximum absolute atomic E-state index is 5.86. The van der Waals surface area contributed by atoms with Crippen molar-refractivity contribution in [3.63, 3.8) is 0 Å². The zero-order valence-electron chi connectivity index (χ0n) is 9.54. The van der Waals surface area contributed by atoms with E-state index in [4.69, 9.17) is 5.73 Å². The Labute approximate surface area is 101 Å². The van der Waals surface area contributed by atoms with Crippen LogP contribution in [0.3, 0.4) is 0 Å². The highest BCUT2D eigenvalue weighted by Crippen LogP contribution is 2.29. The summed E-state index contributed by atoms with van der Waals surface area (Å²) in [5.74, 6) is 1.22. The second-order valence-corrected chi connectivity index (χ2v) is 5.06. The van der Waals surface area contributed by atoms with Gasteiger partial charge in [0.05, 0.1) is 0 Å². The molecule has 84 valence electrons. The summed E-state index contributed by atoms with van der Waals surface area (Å²) in [7, 11) is 0. The lowest BCUT2D eigenvalue weighted by Gasteiger charge is -2.20.